The van der Waals surface area contributed by atoms with E-state index in [0.717, 1.165) is 17.3 Å². The summed E-state index contributed by atoms with van der Waals surface area (Å²) >= 11 is 6.27. The number of aromatic nitrogens is 3. The highest BCUT2D eigenvalue weighted by atomic mass is 35.5. The van der Waals surface area contributed by atoms with E-state index in [1.54, 1.807) is 6.07 Å². The maximum atomic E-state index is 8.66. The molecule has 2 aromatic carbocycles. The van der Waals surface area contributed by atoms with Gasteiger partial charge in [0, 0.05) is 21.7 Å². The third-order valence-corrected chi connectivity index (χ3v) is 4.13. The van der Waals surface area contributed by atoms with E-state index in [9.17, 15) is 0 Å². The van der Waals surface area contributed by atoms with E-state index in [1.165, 1.54) is 0 Å². The Balaban J connectivity index is 2.25. The first-order valence-electron chi connectivity index (χ1n) is 7.36. The summed E-state index contributed by atoms with van der Waals surface area (Å²) < 4.78 is 1.90. The predicted molar refractivity (Wildman–Crippen MR) is 96.2 cm³/mol. The second kappa shape index (κ2) is 6.31. The van der Waals surface area contributed by atoms with Crippen LogP contribution in [0.4, 0.5) is 0 Å². The van der Waals surface area contributed by atoms with Gasteiger partial charge in [0.15, 0.2) is 0 Å². The first kappa shape index (κ1) is 16.0. The molecule has 1 N–H and O–H groups in total. The van der Waals surface area contributed by atoms with Crippen LogP contribution in [0.3, 0.4) is 0 Å². The predicted octanol–water partition coefficient (Wildman–Crippen LogP) is 3.94. The lowest BCUT2D eigenvalue weighted by molar-refractivity contribution is 0.935. The average Bonchev–Trinajstić information content (AvgIpc) is 2.93. The van der Waals surface area contributed by atoms with E-state index in [4.69, 9.17) is 23.4 Å². The van der Waals surface area contributed by atoms with Crippen LogP contribution in [0.1, 0.15) is 28.3 Å². The third kappa shape index (κ3) is 2.70. The van der Waals surface area contributed by atoms with Gasteiger partial charge < -0.3 is 0 Å². The van der Waals surface area contributed by atoms with Crippen LogP contribution in [-0.2, 0) is 0 Å². The molecule has 3 aromatic rings. The van der Waals surface area contributed by atoms with E-state index >= 15 is 0 Å². The molecular formula is C19H15ClN4. The minimum absolute atomic E-state index is 0.306. The van der Waals surface area contributed by atoms with Gasteiger partial charge >= 0.3 is 0 Å². The molecule has 3 rings (SSSR count). The van der Waals surface area contributed by atoms with Crippen molar-refractivity contribution in [2.75, 3.05) is 0 Å². The van der Waals surface area contributed by atoms with Crippen LogP contribution in [0.5, 0.6) is 0 Å². The summed E-state index contributed by atoms with van der Waals surface area (Å²) in [6.45, 7) is 3.75. The summed E-state index contributed by atoms with van der Waals surface area (Å²) in [4.78, 5) is 0. The molecule has 24 heavy (non-hydrogen) atoms. The highest BCUT2D eigenvalue weighted by molar-refractivity contribution is 6.35. The number of benzene rings is 2. The van der Waals surface area contributed by atoms with E-state index in [1.807, 2.05) is 54.8 Å². The van der Waals surface area contributed by atoms with Crippen molar-refractivity contribution in [1.82, 2.24) is 14.8 Å². The number of hydrogen-bond acceptors (Lipinski definition) is 3. The molecule has 0 unspecified atom stereocenters. The fraction of sp³-hybridized carbons (Fsp3) is 0.105. The minimum Gasteiger partial charge on any atom is -0.300 e. The number of aryl methyl sites for hydroxylation is 2. The molecule has 0 atom stereocenters. The minimum atomic E-state index is 0.306. The summed E-state index contributed by atoms with van der Waals surface area (Å²) in [6.07, 6.45) is 5.54. The normalized spacial score (nSPS) is 10.4. The Hall–Kier alpha value is -2.90. The quantitative estimate of drug-likeness (QED) is 0.582. The largest absolute Gasteiger partial charge is 0.300 e. The highest BCUT2D eigenvalue weighted by Crippen LogP contribution is 2.25. The number of nitrogens with zero attached hydrogens (tertiary/aromatic N) is 3. The average molecular weight is 335 g/mol. The first-order valence-corrected chi connectivity index (χ1v) is 7.74. The van der Waals surface area contributed by atoms with Gasteiger partial charge in [-0.15, -0.1) is 16.6 Å². The molecule has 0 saturated carbocycles. The van der Waals surface area contributed by atoms with Gasteiger partial charge in [0.1, 0.15) is 11.6 Å². The van der Waals surface area contributed by atoms with E-state index in [2.05, 4.69) is 16.1 Å². The zero-order chi connectivity index (χ0) is 17.3. The maximum Gasteiger partial charge on any atom is 0.134 e. The molecule has 0 aliphatic heterocycles. The van der Waals surface area contributed by atoms with Crippen LogP contribution in [0, 0.1) is 31.6 Å². The van der Waals surface area contributed by atoms with Crippen molar-refractivity contribution in [1.29, 1.82) is 5.41 Å². The Labute approximate surface area is 145 Å². The first-order chi connectivity index (χ1) is 11.5. The molecule has 5 heteroatoms. The smallest absolute Gasteiger partial charge is 0.134 e. The van der Waals surface area contributed by atoms with Crippen molar-refractivity contribution < 1.29 is 0 Å². The number of nitrogens with one attached hydrogen (secondary N) is 1. The van der Waals surface area contributed by atoms with Crippen molar-refractivity contribution in [3.63, 3.8) is 0 Å². The second-order valence-corrected chi connectivity index (χ2v) is 5.77. The summed E-state index contributed by atoms with van der Waals surface area (Å²) in [5.74, 6) is 4.11. The topological polar surface area (TPSA) is 54.6 Å². The van der Waals surface area contributed by atoms with Gasteiger partial charge in [0.05, 0.1) is 11.4 Å². The van der Waals surface area contributed by atoms with E-state index in [0.29, 0.717) is 27.4 Å². The lowest BCUT2D eigenvalue weighted by atomic mass is 9.98. The number of terminal acetylenes is 1. The molecular weight excluding hydrogens is 320 g/mol. The Morgan fingerprint density at radius 1 is 1.08 bits per heavy atom. The molecule has 1 aromatic heterocycles. The van der Waals surface area contributed by atoms with Gasteiger partial charge in [-0.05, 0) is 38.1 Å². The Morgan fingerprint density at radius 2 is 1.75 bits per heavy atom. The zero-order valence-electron chi connectivity index (χ0n) is 13.3. The Bertz CT molecular complexity index is 960. The summed E-state index contributed by atoms with van der Waals surface area (Å²) in [6, 6.07) is 12.8. The van der Waals surface area contributed by atoms with Gasteiger partial charge in [0.25, 0.3) is 0 Å². The molecule has 1 heterocycles. The van der Waals surface area contributed by atoms with Gasteiger partial charge in [-0.25, -0.2) is 0 Å². The van der Waals surface area contributed by atoms with Gasteiger partial charge in [-0.2, -0.15) is 0 Å². The highest BCUT2D eigenvalue weighted by Gasteiger charge is 2.17. The summed E-state index contributed by atoms with van der Waals surface area (Å²) in [5.41, 5.74) is 3.15. The molecule has 0 spiro atoms. The standard InChI is InChI=1S/C19H15ClN4/c1-4-14-9-10-18(24-12(2)22-23-13(24)3)16(11-14)19(21)15-7-5-6-8-17(15)20/h1,5-11,21H,2-3H3. The molecule has 4 nitrogen and oxygen atoms in total. The number of halogens is 1. The molecule has 0 amide bonds. The van der Waals surface area contributed by atoms with Gasteiger partial charge in [-0.1, -0.05) is 35.7 Å². The molecule has 0 bridgehead atoms. The fourth-order valence-corrected chi connectivity index (χ4v) is 2.88. The Morgan fingerprint density at radius 3 is 2.38 bits per heavy atom. The summed E-state index contributed by atoms with van der Waals surface area (Å²) in [5, 5.41) is 17.4. The van der Waals surface area contributed by atoms with Gasteiger partial charge in [-0.3, -0.25) is 9.98 Å². The van der Waals surface area contributed by atoms with Crippen LogP contribution < -0.4 is 0 Å². The summed E-state index contributed by atoms with van der Waals surface area (Å²) in [7, 11) is 0. The maximum absolute atomic E-state index is 8.66. The van der Waals surface area contributed by atoms with E-state index in [-0.39, 0.29) is 0 Å². The third-order valence-electron chi connectivity index (χ3n) is 3.80. The Kier molecular flexibility index (Phi) is 4.20. The lowest BCUT2D eigenvalue weighted by Crippen LogP contribution is -2.10. The van der Waals surface area contributed by atoms with Crippen LogP contribution in [0.2, 0.25) is 5.02 Å². The van der Waals surface area contributed by atoms with Crippen molar-refractivity contribution >= 4 is 17.3 Å². The van der Waals surface area contributed by atoms with Crippen molar-refractivity contribution in [2.24, 2.45) is 0 Å². The van der Waals surface area contributed by atoms with Crippen LogP contribution in [-0.4, -0.2) is 20.5 Å². The monoisotopic (exact) mass is 334 g/mol. The van der Waals surface area contributed by atoms with Crippen molar-refractivity contribution in [2.45, 2.75) is 13.8 Å². The van der Waals surface area contributed by atoms with Crippen LogP contribution >= 0.6 is 11.6 Å². The molecule has 0 fully saturated rings. The SMILES string of the molecule is C#Cc1ccc(-n2c(C)nnc2C)c(C(=N)c2ccccc2Cl)c1. The fourth-order valence-electron chi connectivity index (χ4n) is 2.65. The van der Waals surface area contributed by atoms with Gasteiger partial charge in [0.2, 0.25) is 0 Å². The van der Waals surface area contributed by atoms with E-state index < -0.39 is 0 Å². The molecule has 0 aliphatic carbocycles. The van der Waals surface area contributed by atoms with Crippen molar-refractivity contribution in [3.05, 3.63) is 75.8 Å². The van der Waals surface area contributed by atoms with Crippen LogP contribution in [0.25, 0.3) is 5.69 Å². The number of rotatable bonds is 3. The number of hydrogen-bond donors (Lipinski definition) is 1. The van der Waals surface area contributed by atoms with Crippen LogP contribution in [0.15, 0.2) is 42.5 Å². The molecule has 118 valence electrons. The zero-order valence-corrected chi connectivity index (χ0v) is 14.1. The lowest BCUT2D eigenvalue weighted by Gasteiger charge is -2.15. The second-order valence-electron chi connectivity index (χ2n) is 5.36. The molecule has 0 radical (unpaired) electrons. The molecule has 0 saturated heterocycles. The molecule has 0 aliphatic rings. The van der Waals surface area contributed by atoms with Crippen molar-refractivity contribution in [3.8, 4) is 18.0 Å².